The predicted octanol–water partition coefficient (Wildman–Crippen LogP) is 1.35. The summed E-state index contributed by atoms with van der Waals surface area (Å²) in [5.74, 6) is 0.599. The minimum absolute atomic E-state index is 0.0344. The summed E-state index contributed by atoms with van der Waals surface area (Å²) in [7, 11) is 2.19. The number of nitrogens with zero attached hydrogens (tertiary/aromatic N) is 2. The monoisotopic (exact) mass is 235 g/mol. The van der Waals surface area contributed by atoms with Crippen molar-refractivity contribution in [2.24, 2.45) is 11.1 Å². The lowest BCUT2D eigenvalue weighted by atomic mass is 9.87. The van der Waals surface area contributed by atoms with E-state index in [2.05, 4.69) is 28.5 Å². The lowest BCUT2D eigenvalue weighted by molar-refractivity contribution is 0.0804. The molecule has 94 valence electrons. The lowest BCUT2D eigenvalue weighted by Crippen LogP contribution is -2.36. The maximum atomic E-state index is 5.52. The van der Waals surface area contributed by atoms with E-state index in [1.54, 1.807) is 0 Å². The van der Waals surface area contributed by atoms with Crippen molar-refractivity contribution in [2.45, 2.75) is 31.9 Å². The van der Waals surface area contributed by atoms with Gasteiger partial charge in [-0.15, -0.1) is 0 Å². The SMILES string of the molecule is CN1CCC(C2=NO[C@@H]3NCCCC=C23)CC1. The molecule has 0 saturated carbocycles. The van der Waals surface area contributed by atoms with Crippen molar-refractivity contribution < 1.29 is 4.84 Å². The first-order chi connectivity index (χ1) is 8.34. The molecule has 0 aromatic heterocycles. The third-order valence-electron chi connectivity index (χ3n) is 4.01. The van der Waals surface area contributed by atoms with Gasteiger partial charge in [-0.05, 0) is 52.4 Å². The molecule has 0 aromatic carbocycles. The average molecular weight is 235 g/mol. The van der Waals surface area contributed by atoms with Gasteiger partial charge in [0.25, 0.3) is 0 Å². The van der Waals surface area contributed by atoms with Crippen molar-refractivity contribution in [3.8, 4) is 0 Å². The van der Waals surface area contributed by atoms with Crippen LogP contribution in [0.1, 0.15) is 25.7 Å². The summed E-state index contributed by atoms with van der Waals surface area (Å²) in [5, 5.41) is 7.74. The Morgan fingerprint density at radius 3 is 3.06 bits per heavy atom. The number of oxime groups is 1. The number of rotatable bonds is 1. The van der Waals surface area contributed by atoms with E-state index in [9.17, 15) is 0 Å². The van der Waals surface area contributed by atoms with Crippen LogP contribution in [0.2, 0.25) is 0 Å². The number of hydrogen-bond acceptors (Lipinski definition) is 4. The third kappa shape index (κ3) is 2.24. The summed E-state index contributed by atoms with van der Waals surface area (Å²) >= 11 is 0. The van der Waals surface area contributed by atoms with Crippen LogP contribution in [0.15, 0.2) is 16.8 Å². The zero-order valence-electron chi connectivity index (χ0n) is 10.5. The van der Waals surface area contributed by atoms with Gasteiger partial charge in [-0.2, -0.15) is 0 Å². The van der Waals surface area contributed by atoms with Gasteiger partial charge >= 0.3 is 0 Å². The Hall–Kier alpha value is -0.870. The van der Waals surface area contributed by atoms with E-state index >= 15 is 0 Å². The van der Waals surface area contributed by atoms with Crippen LogP contribution < -0.4 is 5.32 Å². The lowest BCUT2D eigenvalue weighted by Gasteiger charge is -2.28. The fourth-order valence-corrected chi connectivity index (χ4v) is 2.90. The molecule has 1 atom stereocenters. The number of piperidine rings is 1. The van der Waals surface area contributed by atoms with Crippen LogP contribution >= 0.6 is 0 Å². The fraction of sp³-hybridized carbons (Fsp3) is 0.769. The molecular formula is C13H21N3O. The van der Waals surface area contributed by atoms with Crippen molar-refractivity contribution in [2.75, 3.05) is 26.7 Å². The first kappa shape index (κ1) is 11.2. The Bertz CT molecular complexity index is 343. The summed E-state index contributed by atoms with van der Waals surface area (Å²) < 4.78 is 0. The molecule has 0 radical (unpaired) electrons. The molecule has 3 aliphatic heterocycles. The zero-order valence-corrected chi connectivity index (χ0v) is 10.5. The molecule has 0 bridgehead atoms. The van der Waals surface area contributed by atoms with Gasteiger partial charge in [-0.1, -0.05) is 11.2 Å². The van der Waals surface area contributed by atoms with Crippen LogP contribution in [0.4, 0.5) is 0 Å². The Kier molecular flexibility index (Phi) is 3.16. The van der Waals surface area contributed by atoms with E-state index in [-0.39, 0.29) is 6.23 Å². The number of hydrogen-bond donors (Lipinski definition) is 1. The maximum Gasteiger partial charge on any atom is 0.206 e. The number of nitrogens with one attached hydrogen (secondary N) is 1. The minimum atomic E-state index is 0.0344. The van der Waals surface area contributed by atoms with Crippen molar-refractivity contribution >= 4 is 5.71 Å². The fourth-order valence-electron chi connectivity index (χ4n) is 2.90. The molecule has 1 fully saturated rings. The van der Waals surface area contributed by atoms with E-state index < -0.39 is 0 Å². The quantitative estimate of drug-likeness (QED) is 0.745. The molecule has 4 nitrogen and oxygen atoms in total. The highest BCUT2D eigenvalue weighted by Gasteiger charge is 2.34. The molecule has 0 amide bonds. The smallest absolute Gasteiger partial charge is 0.206 e. The standard InChI is InChI=1S/C13H21N3O/c1-16-8-5-10(6-9-16)12-11-4-2-3-7-14-13(11)17-15-12/h4,10,13-14H,2-3,5-9H2,1H3/t13-/m0/s1. The van der Waals surface area contributed by atoms with Gasteiger partial charge in [-0.25, -0.2) is 0 Å². The summed E-state index contributed by atoms with van der Waals surface area (Å²) in [4.78, 5) is 7.92. The second kappa shape index (κ2) is 4.78. The summed E-state index contributed by atoms with van der Waals surface area (Å²) in [5.41, 5.74) is 2.54. The highest BCUT2D eigenvalue weighted by atomic mass is 16.7. The first-order valence-electron chi connectivity index (χ1n) is 6.70. The van der Waals surface area contributed by atoms with Crippen molar-refractivity contribution in [1.82, 2.24) is 10.2 Å². The molecule has 17 heavy (non-hydrogen) atoms. The molecule has 1 N–H and O–H groups in total. The van der Waals surface area contributed by atoms with Crippen molar-refractivity contribution in [3.05, 3.63) is 11.6 Å². The Balaban J connectivity index is 1.73. The molecule has 1 saturated heterocycles. The van der Waals surface area contributed by atoms with Gasteiger partial charge in [0, 0.05) is 11.5 Å². The normalized spacial score (nSPS) is 31.2. The minimum Gasteiger partial charge on any atom is -0.371 e. The van der Waals surface area contributed by atoms with Gasteiger partial charge in [0.15, 0.2) is 0 Å². The predicted molar refractivity (Wildman–Crippen MR) is 67.8 cm³/mol. The summed E-state index contributed by atoms with van der Waals surface area (Å²) in [6.07, 6.45) is 7.13. The third-order valence-corrected chi connectivity index (χ3v) is 4.01. The summed E-state index contributed by atoms with van der Waals surface area (Å²) in [6, 6.07) is 0. The Morgan fingerprint density at radius 2 is 2.24 bits per heavy atom. The first-order valence-corrected chi connectivity index (χ1v) is 6.70. The maximum absolute atomic E-state index is 5.52. The van der Waals surface area contributed by atoms with Crippen molar-refractivity contribution in [1.29, 1.82) is 0 Å². The Labute approximate surface area is 103 Å². The van der Waals surface area contributed by atoms with Gasteiger partial charge in [-0.3, -0.25) is 5.32 Å². The summed E-state index contributed by atoms with van der Waals surface area (Å²) in [6.45, 7) is 3.38. The molecule has 0 spiro atoms. The molecular weight excluding hydrogens is 214 g/mol. The van der Waals surface area contributed by atoms with E-state index in [4.69, 9.17) is 4.84 Å². The van der Waals surface area contributed by atoms with Crippen LogP contribution in [-0.2, 0) is 4.84 Å². The topological polar surface area (TPSA) is 36.9 Å². The zero-order chi connectivity index (χ0) is 11.7. The number of allylic oxidation sites excluding steroid dienone is 1. The van der Waals surface area contributed by atoms with E-state index in [0.717, 1.165) is 13.0 Å². The van der Waals surface area contributed by atoms with Gasteiger partial charge in [0.05, 0.1) is 5.71 Å². The molecule has 3 aliphatic rings. The average Bonchev–Trinajstić information content (AvgIpc) is 2.60. The molecule has 0 aromatic rings. The number of fused-ring (bicyclic) bond motifs is 1. The van der Waals surface area contributed by atoms with Gasteiger partial charge in [0.1, 0.15) is 0 Å². The molecule has 3 rings (SSSR count). The molecule has 0 unspecified atom stereocenters. The highest BCUT2D eigenvalue weighted by molar-refractivity contribution is 6.03. The van der Waals surface area contributed by atoms with Crippen LogP contribution in [-0.4, -0.2) is 43.5 Å². The Morgan fingerprint density at radius 1 is 1.41 bits per heavy atom. The van der Waals surface area contributed by atoms with E-state index in [1.807, 2.05) is 0 Å². The van der Waals surface area contributed by atoms with E-state index in [0.29, 0.717) is 5.92 Å². The molecule has 4 heteroatoms. The van der Waals surface area contributed by atoms with Gasteiger partial charge in [0.2, 0.25) is 6.23 Å². The van der Waals surface area contributed by atoms with Gasteiger partial charge < -0.3 is 9.74 Å². The van der Waals surface area contributed by atoms with Crippen LogP contribution in [0.25, 0.3) is 0 Å². The van der Waals surface area contributed by atoms with Crippen LogP contribution in [0.3, 0.4) is 0 Å². The van der Waals surface area contributed by atoms with Crippen LogP contribution in [0.5, 0.6) is 0 Å². The number of likely N-dealkylation sites (tertiary alicyclic amines) is 1. The molecule has 0 aliphatic carbocycles. The largest absolute Gasteiger partial charge is 0.371 e. The highest BCUT2D eigenvalue weighted by Crippen LogP contribution is 2.29. The second-order valence-electron chi connectivity index (χ2n) is 5.30. The van der Waals surface area contributed by atoms with Crippen molar-refractivity contribution in [3.63, 3.8) is 0 Å². The second-order valence-corrected chi connectivity index (χ2v) is 5.30. The molecule has 3 heterocycles. The van der Waals surface area contributed by atoms with E-state index in [1.165, 1.54) is 43.6 Å². The van der Waals surface area contributed by atoms with Crippen LogP contribution in [0, 0.1) is 5.92 Å².